The monoisotopic (exact) mass is 201 g/mol. The molecule has 0 spiro atoms. The third-order valence-corrected chi connectivity index (χ3v) is 2.27. The summed E-state index contributed by atoms with van der Waals surface area (Å²) < 4.78 is 4.97. The number of furan rings is 1. The molecular formula is C12H11NO2. The zero-order valence-corrected chi connectivity index (χ0v) is 8.43. The summed E-state index contributed by atoms with van der Waals surface area (Å²) in [6.45, 7) is 1.86. The lowest BCUT2D eigenvalue weighted by Crippen LogP contribution is -2.03. The van der Waals surface area contributed by atoms with Gasteiger partial charge >= 0.3 is 0 Å². The first kappa shape index (κ1) is 9.65. The lowest BCUT2D eigenvalue weighted by atomic mass is 10.0. The second-order valence-electron chi connectivity index (χ2n) is 3.42. The molecule has 0 amide bonds. The van der Waals surface area contributed by atoms with E-state index < -0.39 is 0 Å². The van der Waals surface area contributed by atoms with Crippen molar-refractivity contribution in [1.29, 1.82) is 0 Å². The maximum Gasteiger partial charge on any atom is 0.170 e. The summed E-state index contributed by atoms with van der Waals surface area (Å²) in [5.74, 6) is 0.0763. The van der Waals surface area contributed by atoms with Crippen molar-refractivity contribution in [2.75, 3.05) is 0 Å². The normalized spacial score (nSPS) is 10.2. The van der Waals surface area contributed by atoms with Gasteiger partial charge in [0.25, 0.3) is 0 Å². The van der Waals surface area contributed by atoms with Gasteiger partial charge in [-0.15, -0.1) is 0 Å². The molecule has 0 saturated heterocycles. The first-order valence-corrected chi connectivity index (χ1v) is 4.72. The van der Waals surface area contributed by atoms with Gasteiger partial charge in [0.1, 0.15) is 6.26 Å². The third-order valence-electron chi connectivity index (χ3n) is 2.27. The van der Waals surface area contributed by atoms with Gasteiger partial charge in [-0.05, 0) is 30.2 Å². The molecule has 0 bridgehead atoms. The molecule has 0 N–H and O–H groups in total. The predicted octanol–water partition coefficient (Wildman–Crippen LogP) is 2.41. The maximum atomic E-state index is 11.8. The largest absolute Gasteiger partial charge is 0.472 e. The van der Waals surface area contributed by atoms with Crippen LogP contribution in [0.15, 0.2) is 41.5 Å². The Morgan fingerprint density at radius 2 is 2.07 bits per heavy atom. The molecule has 0 radical (unpaired) electrons. The fraction of sp³-hybridized carbons (Fsp3) is 0.167. The van der Waals surface area contributed by atoms with E-state index in [9.17, 15) is 4.79 Å². The van der Waals surface area contributed by atoms with Gasteiger partial charge in [0.05, 0.1) is 11.8 Å². The summed E-state index contributed by atoms with van der Waals surface area (Å²) >= 11 is 0. The number of carbonyl (C=O) groups is 1. The average Bonchev–Trinajstić information content (AvgIpc) is 2.66. The first-order valence-electron chi connectivity index (χ1n) is 4.72. The Labute approximate surface area is 87.8 Å². The van der Waals surface area contributed by atoms with Crippen LogP contribution in [0.4, 0.5) is 0 Å². The van der Waals surface area contributed by atoms with Gasteiger partial charge in [-0.1, -0.05) is 0 Å². The number of pyridine rings is 1. The van der Waals surface area contributed by atoms with Crippen LogP contribution < -0.4 is 0 Å². The highest BCUT2D eigenvalue weighted by Gasteiger charge is 2.11. The maximum absolute atomic E-state index is 11.8. The van der Waals surface area contributed by atoms with Crippen LogP contribution in [0.3, 0.4) is 0 Å². The minimum absolute atomic E-state index is 0.0763. The number of aryl methyl sites for hydroxylation is 1. The summed E-state index contributed by atoms with van der Waals surface area (Å²) in [4.78, 5) is 15.7. The van der Waals surface area contributed by atoms with Gasteiger partial charge in [-0.3, -0.25) is 9.78 Å². The Morgan fingerprint density at radius 1 is 1.33 bits per heavy atom. The van der Waals surface area contributed by atoms with E-state index in [1.807, 2.05) is 19.1 Å². The molecule has 2 rings (SSSR count). The SMILES string of the molecule is Cc1cocc1C(=O)Cc1ccncc1. The molecule has 2 aromatic rings. The minimum atomic E-state index is 0.0763. The van der Waals surface area contributed by atoms with E-state index in [1.54, 1.807) is 18.7 Å². The van der Waals surface area contributed by atoms with Crippen molar-refractivity contribution in [2.45, 2.75) is 13.3 Å². The van der Waals surface area contributed by atoms with Crippen molar-refractivity contribution in [2.24, 2.45) is 0 Å². The van der Waals surface area contributed by atoms with Gasteiger partial charge in [-0.25, -0.2) is 0 Å². The minimum Gasteiger partial charge on any atom is -0.472 e. The second kappa shape index (κ2) is 4.09. The van der Waals surface area contributed by atoms with Gasteiger partial charge in [0.15, 0.2) is 5.78 Å². The van der Waals surface area contributed by atoms with Crippen molar-refractivity contribution < 1.29 is 9.21 Å². The highest BCUT2D eigenvalue weighted by atomic mass is 16.3. The number of rotatable bonds is 3. The molecule has 0 saturated carbocycles. The molecular weight excluding hydrogens is 190 g/mol. The van der Waals surface area contributed by atoms with Crippen LogP contribution in [-0.4, -0.2) is 10.8 Å². The van der Waals surface area contributed by atoms with E-state index >= 15 is 0 Å². The van der Waals surface area contributed by atoms with E-state index in [1.165, 1.54) is 6.26 Å². The van der Waals surface area contributed by atoms with Gasteiger partial charge in [-0.2, -0.15) is 0 Å². The first-order chi connectivity index (χ1) is 7.27. The fourth-order valence-corrected chi connectivity index (χ4v) is 1.43. The van der Waals surface area contributed by atoms with Crippen LogP contribution >= 0.6 is 0 Å². The molecule has 3 heteroatoms. The summed E-state index contributed by atoms with van der Waals surface area (Å²) in [5, 5.41) is 0. The fourth-order valence-electron chi connectivity index (χ4n) is 1.43. The van der Waals surface area contributed by atoms with E-state index in [0.29, 0.717) is 12.0 Å². The Bertz CT molecular complexity index is 459. The van der Waals surface area contributed by atoms with E-state index in [-0.39, 0.29) is 5.78 Å². The van der Waals surface area contributed by atoms with Crippen LogP contribution in [0.2, 0.25) is 0 Å². The number of aromatic nitrogens is 1. The van der Waals surface area contributed by atoms with E-state index in [0.717, 1.165) is 11.1 Å². The molecule has 0 fully saturated rings. The average molecular weight is 201 g/mol. The quantitative estimate of drug-likeness (QED) is 0.716. The zero-order chi connectivity index (χ0) is 10.7. The van der Waals surface area contributed by atoms with Crippen LogP contribution in [0.25, 0.3) is 0 Å². The Morgan fingerprint density at radius 3 is 2.67 bits per heavy atom. The van der Waals surface area contributed by atoms with Crippen LogP contribution in [0.5, 0.6) is 0 Å². The lowest BCUT2D eigenvalue weighted by molar-refractivity contribution is 0.0992. The molecule has 15 heavy (non-hydrogen) atoms. The second-order valence-corrected chi connectivity index (χ2v) is 3.42. The molecule has 0 aromatic carbocycles. The van der Waals surface area contributed by atoms with Crippen molar-refractivity contribution in [3.05, 3.63) is 53.7 Å². The van der Waals surface area contributed by atoms with Gasteiger partial charge in [0.2, 0.25) is 0 Å². The molecule has 0 unspecified atom stereocenters. The van der Waals surface area contributed by atoms with Crippen molar-refractivity contribution in [3.63, 3.8) is 0 Å². The molecule has 0 aliphatic carbocycles. The predicted molar refractivity (Wildman–Crippen MR) is 55.7 cm³/mol. The molecule has 3 nitrogen and oxygen atoms in total. The summed E-state index contributed by atoms with van der Waals surface area (Å²) in [5.41, 5.74) is 2.51. The smallest absolute Gasteiger partial charge is 0.170 e. The van der Waals surface area contributed by atoms with Crippen LogP contribution in [0, 0.1) is 6.92 Å². The molecule has 0 aliphatic rings. The Hall–Kier alpha value is -1.90. The summed E-state index contributed by atoms with van der Waals surface area (Å²) in [6, 6.07) is 3.68. The van der Waals surface area contributed by atoms with Gasteiger partial charge in [0, 0.05) is 18.8 Å². The van der Waals surface area contributed by atoms with E-state index in [4.69, 9.17) is 4.42 Å². The van der Waals surface area contributed by atoms with Gasteiger partial charge < -0.3 is 4.42 Å². The highest BCUT2D eigenvalue weighted by molar-refractivity contribution is 5.98. The number of ketones is 1. The number of Topliss-reactive ketones (excluding diaryl/α,β-unsaturated/α-hetero) is 1. The Balaban J connectivity index is 2.15. The molecule has 0 atom stereocenters. The number of hydrogen-bond acceptors (Lipinski definition) is 3. The molecule has 76 valence electrons. The third kappa shape index (κ3) is 2.13. The standard InChI is InChI=1S/C12H11NO2/c1-9-7-15-8-11(9)12(14)6-10-2-4-13-5-3-10/h2-5,7-8H,6H2,1H3. The summed E-state index contributed by atoms with van der Waals surface area (Å²) in [6.07, 6.45) is 6.84. The molecule has 0 aliphatic heterocycles. The highest BCUT2D eigenvalue weighted by Crippen LogP contribution is 2.12. The number of carbonyl (C=O) groups excluding carboxylic acids is 1. The van der Waals surface area contributed by atoms with Crippen molar-refractivity contribution in [1.82, 2.24) is 4.98 Å². The Kier molecular flexibility index (Phi) is 2.63. The van der Waals surface area contributed by atoms with Crippen molar-refractivity contribution in [3.8, 4) is 0 Å². The zero-order valence-electron chi connectivity index (χ0n) is 8.43. The van der Waals surface area contributed by atoms with Crippen LogP contribution in [-0.2, 0) is 6.42 Å². The lowest BCUT2D eigenvalue weighted by Gasteiger charge is -1.98. The molecule has 2 aromatic heterocycles. The van der Waals surface area contributed by atoms with E-state index in [2.05, 4.69) is 4.98 Å². The van der Waals surface area contributed by atoms with Crippen LogP contribution in [0.1, 0.15) is 21.5 Å². The van der Waals surface area contributed by atoms with Crippen molar-refractivity contribution >= 4 is 5.78 Å². The number of hydrogen-bond donors (Lipinski definition) is 0. The molecule has 2 heterocycles. The number of nitrogens with zero attached hydrogens (tertiary/aromatic N) is 1. The topological polar surface area (TPSA) is 43.1 Å². The summed E-state index contributed by atoms with van der Waals surface area (Å²) in [7, 11) is 0.